The molecule has 396 valence electrons. The zero-order valence-corrected chi connectivity index (χ0v) is 38.7. The third-order valence-corrected chi connectivity index (χ3v) is 13.3. The minimum atomic E-state index is -4.98. The summed E-state index contributed by atoms with van der Waals surface area (Å²) in [4.78, 5) is 29.6. The summed E-state index contributed by atoms with van der Waals surface area (Å²) in [5.41, 5.74) is 2.35. The van der Waals surface area contributed by atoms with Gasteiger partial charge in [0, 0.05) is 36.5 Å². The molecule has 0 heterocycles. The maximum Gasteiger partial charge on any atom is 0.416 e. The molecule has 4 aromatic rings. The third-order valence-electron chi connectivity index (χ3n) is 13.3. The molecule has 0 radical (unpaired) electrons. The van der Waals surface area contributed by atoms with Crippen molar-refractivity contribution >= 4 is 12.4 Å². The van der Waals surface area contributed by atoms with Crippen LogP contribution >= 0.6 is 0 Å². The van der Waals surface area contributed by atoms with Crippen LogP contribution in [-0.4, -0.2) is 37.0 Å². The van der Waals surface area contributed by atoms with E-state index in [1.165, 1.54) is 13.8 Å². The van der Waals surface area contributed by atoms with E-state index < -0.39 is 87.4 Å². The number of alkyl halides is 12. The number of nitrogens with one attached hydrogen (secondary N) is 3. The number of amides is 3. The Morgan fingerprint density at radius 2 is 0.945 bits per heavy atom. The van der Waals surface area contributed by atoms with Crippen LogP contribution < -0.4 is 21.9 Å². The average molecular weight is 1040 g/mol. The van der Waals surface area contributed by atoms with Crippen molar-refractivity contribution in [1.29, 1.82) is 0 Å². The molecule has 4 aromatic carbocycles. The summed E-state index contributed by atoms with van der Waals surface area (Å²) >= 11 is 0. The Balaban J connectivity index is 0.000000316. The number of rotatable bonds is 13. The standard InChI is InChI=1S/C26H26F6N4O3.C24H24F6N2O.CH4/c1-17(18-12-20(25(27,28)29)14-21(13-18)26(30,31)32)39-15-23(19-6-4-3-5-7-19)8-10-24(33-2,11-9-23)35-22(38)36-34-16-37;1-16(17-12-19(23(25,26)27)14-20(13-17)24(28,29)30)33-15-21(18-6-4-3-5-7-18)8-10-22(31,32-2)11-9-21;/h3-7,12-14,16-17H,8-11,15H2,1H3,(H,34,37)(H2,35,36,38);3-7,12-14,16H,8-11,15,31H2,1H3;1H4/t17-,23?,24?;16-,21?,22?;/m11./s1. The highest BCUT2D eigenvalue weighted by Crippen LogP contribution is 2.47. The fourth-order valence-electron chi connectivity index (χ4n) is 8.82. The molecule has 0 saturated heterocycles. The highest BCUT2D eigenvalue weighted by Gasteiger charge is 2.50. The van der Waals surface area contributed by atoms with Crippen molar-refractivity contribution in [3.8, 4) is 0 Å². The predicted molar refractivity (Wildman–Crippen MR) is 245 cm³/mol. The number of hydrogen-bond acceptors (Lipinski definition) is 5. The van der Waals surface area contributed by atoms with Gasteiger partial charge >= 0.3 is 36.4 Å². The minimum Gasteiger partial charge on any atom is -0.373 e. The van der Waals surface area contributed by atoms with Crippen molar-refractivity contribution in [1.82, 2.24) is 16.2 Å². The molecule has 2 aliphatic rings. The first kappa shape index (κ1) is 59.2. The van der Waals surface area contributed by atoms with Crippen molar-refractivity contribution in [2.45, 2.75) is 132 Å². The van der Waals surface area contributed by atoms with Crippen molar-refractivity contribution in [2.24, 2.45) is 5.73 Å². The highest BCUT2D eigenvalue weighted by molar-refractivity contribution is 5.76. The molecule has 22 heteroatoms. The lowest BCUT2D eigenvalue weighted by Crippen LogP contribution is -2.56. The molecule has 10 nitrogen and oxygen atoms in total. The number of ether oxygens (including phenoxy) is 2. The number of hydrogen-bond donors (Lipinski definition) is 4. The Bertz CT molecular complexity index is 2500. The summed E-state index contributed by atoms with van der Waals surface area (Å²) in [6.45, 7) is 17.8. The number of urea groups is 1. The molecular weight excluding hydrogens is 989 g/mol. The molecule has 2 fully saturated rings. The van der Waals surface area contributed by atoms with E-state index in [1.807, 2.05) is 47.9 Å². The number of benzene rings is 4. The van der Waals surface area contributed by atoms with Gasteiger partial charge in [-0.25, -0.2) is 23.4 Å². The summed E-state index contributed by atoms with van der Waals surface area (Å²) in [7, 11) is 0. The van der Waals surface area contributed by atoms with Gasteiger partial charge in [0.1, 0.15) is 0 Å². The molecule has 5 N–H and O–H groups in total. The van der Waals surface area contributed by atoms with E-state index in [-0.39, 0.29) is 63.2 Å². The van der Waals surface area contributed by atoms with E-state index in [9.17, 15) is 62.3 Å². The third kappa shape index (κ3) is 15.1. The van der Waals surface area contributed by atoms with E-state index in [2.05, 4.69) is 20.4 Å². The van der Waals surface area contributed by atoms with Gasteiger partial charge in [-0.3, -0.25) is 31.0 Å². The van der Waals surface area contributed by atoms with Crippen LogP contribution in [0.2, 0.25) is 0 Å². The number of nitrogens with zero attached hydrogens (tertiary/aromatic N) is 2. The first-order chi connectivity index (χ1) is 33.5. The van der Waals surface area contributed by atoms with Crippen LogP contribution in [0.4, 0.5) is 57.5 Å². The zero-order chi connectivity index (χ0) is 53.4. The second-order valence-electron chi connectivity index (χ2n) is 18.1. The summed E-state index contributed by atoms with van der Waals surface area (Å²) < 4.78 is 171. The molecule has 0 aromatic heterocycles. The van der Waals surface area contributed by atoms with Gasteiger partial charge in [-0.2, -0.15) is 52.7 Å². The molecule has 2 atom stereocenters. The summed E-state index contributed by atoms with van der Waals surface area (Å²) in [6, 6.07) is 20.5. The van der Waals surface area contributed by atoms with Crippen LogP contribution in [0.5, 0.6) is 0 Å². The van der Waals surface area contributed by atoms with Crippen molar-refractivity contribution < 1.29 is 71.7 Å². The van der Waals surface area contributed by atoms with Gasteiger partial charge in [0.25, 0.3) is 5.66 Å². The van der Waals surface area contributed by atoms with E-state index in [0.717, 1.165) is 11.1 Å². The van der Waals surface area contributed by atoms with Crippen LogP contribution in [-0.2, 0) is 49.8 Å². The minimum absolute atomic E-state index is 0. The summed E-state index contributed by atoms with van der Waals surface area (Å²) in [5, 5.41) is 2.56. The van der Waals surface area contributed by atoms with Gasteiger partial charge in [-0.05, 0) is 98.2 Å². The quantitative estimate of drug-likeness (QED) is 0.0460. The van der Waals surface area contributed by atoms with E-state index >= 15 is 0 Å². The number of nitrogens with two attached hydrogens (primary N) is 1. The molecule has 0 spiro atoms. The number of hydrazine groups is 1. The number of halogens is 12. The Morgan fingerprint density at radius 3 is 1.25 bits per heavy atom. The van der Waals surface area contributed by atoms with Gasteiger partial charge in [0.2, 0.25) is 6.41 Å². The zero-order valence-electron chi connectivity index (χ0n) is 38.7. The average Bonchev–Trinajstić information content (AvgIpc) is 3.34. The second kappa shape index (κ2) is 23.2. The van der Waals surface area contributed by atoms with Crippen LogP contribution in [0.25, 0.3) is 9.69 Å². The number of carbonyl (C=O) groups is 2. The van der Waals surface area contributed by atoms with Crippen molar-refractivity contribution in [3.63, 3.8) is 0 Å². The maximum absolute atomic E-state index is 13.3. The largest absolute Gasteiger partial charge is 0.416 e. The molecule has 6 rings (SSSR count). The van der Waals surface area contributed by atoms with Crippen molar-refractivity contribution in [2.75, 3.05) is 13.2 Å². The molecule has 0 unspecified atom stereocenters. The predicted octanol–water partition coefficient (Wildman–Crippen LogP) is 13.4. The van der Waals surface area contributed by atoms with Crippen LogP contribution in [0.1, 0.15) is 129 Å². The summed E-state index contributed by atoms with van der Waals surface area (Å²) in [5.74, 6) is 0. The van der Waals surface area contributed by atoms with Gasteiger partial charge in [0.15, 0.2) is 0 Å². The van der Waals surface area contributed by atoms with Crippen LogP contribution in [0.3, 0.4) is 0 Å². The molecule has 2 aliphatic carbocycles. The maximum atomic E-state index is 13.3. The Hall–Kier alpha value is -6.36. The monoisotopic (exact) mass is 1040 g/mol. The topological polar surface area (TPSA) is 123 Å². The summed E-state index contributed by atoms with van der Waals surface area (Å²) in [6.07, 6.45) is -18.8. The van der Waals surface area contributed by atoms with Crippen molar-refractivity contribution in [3.05, 3.63) is 164 Å². The van der Waals surface area contributed by atoms with Crippen LogP contribution in [0.15, 0.2) is 97.1 Å². The van der Waals surface area contributed by atoms with Gasteiger partial charge in [-0.1, -0.05) is 68.1 Å². The Kier molecular flexibility index (Phi) is 18.8. The first-order valence-corrected chi connectivity index (χ1v) is 22.3. The Labute approximate surface area is 414 Å². The molecule has 2 saturated carbocycles. The Morgan fingerprint density at radius 1 is 0.603 bits per heavy atom. The van der Waals surface area contributed by atoms with E-state index in [4.69, 9.17) is 28.4 Å². The second-order valence-corrected chi connectivity index (χ2v) is 18.1. The first-order valence-electron chi connectivity index (χ1n) is 22.3. The fourth-order valence-corrected chi connectivity index (χ4v) is 8.82. The van der Waals surface area contributed by atoms with E-state index in [0.29, 0.717) is 62.8 Å². The smallest absolute Gasteiger partial charge is 0.373 e. The van der Waals surface area contributed by atoms with Gasteiger partial charge in [-0.15, -0.1) is 0 Å². The molecule has 0 aliphatic heterocycles. The highest BCUT2D eigenvalue weighted by atomic mass is 19.4. The van der Waals surface area contributed by atoms with E-state index in [1.54, 1.807) is 18.2 Å². The lowest BCUT2D eigenvalue weighted by Gasteiger charge is -2.42. The van der Waals surface area contributed by atoms with Gasteiger partial charge < -0.3 is 9.47 Å². The molecule has 0 bridgehead atoms. The normalized spacial score (nSPS) is 23.1. The fraction of sp³-hybridized carbons (Fsp3) is 0.451. The molecule has 3 amide bonds. The lowest BCUT2D eigenvalue weighted by atomic mass is 9.67. The molecular formula is C51H54F12N6O4. The molecule has 73 heavy (non-hydrogen) atoms. The number of carbonyl (C=O) groups excluding carboxylic acids is 2. The van der Waals surface area contributed by atoms with Crippen LogP contribution in [0, 0.1) is 13.1 Å². The SMILES string of the molecule is C.[C-]#[N+]C1(N)CCC(CO[C@H](C)c2cc(C(F)(F)F)cc(C(F)(F)F)c2)(c2ccccc2)CC1.[C-]#[N+]C1(NC(=O)NNC=O)CCC(CO[C@H](C)c2cc(C(F)(F)F)cc(C(F)(F)F)c2)(c2ccccc2)CC1. The lowest BCUT2D eigenvalue weighted by molar-refractivity contribution is -0.145. The van der Waals surface area contributed by atoms with Gasteiger partial charge in [0.05, 0.1) is 47.7 Å².